The summed E-state index contributed by atoms with van der Waals surface area (Å²) in [6, 6.07) is 0.968. The smallest absolute Gasteiger partial charge is 0.148 e. The Morgan fingerprint density at radius 2 is 2.12 bits per heavy atom. The lowest BCUT2D eigenvalue weighted by atomic mass is 10.1. The van der Waals surface area contributed by atoms with Crippen molar-refractivity contribution in [2.24, 2.45) is 0 Å². The van der Waals surface area contributed by atoms with Crippen LogP contribution in [0.1, 0.15) is 26.7 Å². The van der Waals surface area contributed by atoms with E-state index in [0.717, 1.165) is 13.1 Å². The molecule has 1 aliphatic rings. The number of sulfone groups is 1. The minimum absolute atomic E-state index is 0.274. The fourth-order valence-corrected chi connectivity index (χ4v) is 2.70. The molecule has 1 fully saturated rings. The van der Waals surface area contributed by atoms with Gasteiger partial charge in [-0.15, -0.1) is 0 Å². The van der Waals surface area contributed by atoms with E-state index in [-0.39, 0.29) is 5.75 Å². The third kappa shape index (κ3) is 4.80. The van der Waals surface area contributed by atoms with Gasteiger partial charge in [0.15, 0.2) is 0 Å². The molecule has 2 unspecified atom stereocenters. The summed E-state index contributed by atoms with van der Waals surface area (Å²) in [6.07, 6.45) is 3.65. The van der Waals surface area contributed by atoms with Crippen LogP contribution >= 0.6 is 0 Å². The normalized spacial score (nSPS) is 28.2. The van der Waals surface area contributed by atoms with Crippen molar-refractivity contribution in [3.05, 3.63) is 0 Å². The summed E-state index contributed by atoms with van der Waals surface area (Å²) in [6.45, 7) is 6.94. The lowest BCUT2D eigenvalue weighted by molar-refractivity contribution is 0.145. The van der Waals surface area contributed by atoms with E-state index in [1.54, 1.807) is 0 Å². The van der Waals surface area contributed by atoms with Gasteiger partial charge in [0.05, 0.1) is 5.75 Å². The van der Waals surface area contributed by atoms with Crippen LogP contribution in [0.3, 0.4) is 0 Å². The number of hydrogen-bond acceptors (Lipinski definition) is 4. The first-order valence-corrected chi connectivity index (χ1v) is 8.13. The number of nitrogens with one attached hydrogen (secondary N) is 1. The molecule has 0 spiro atoms. The molecular weight excluding hydrogens is 224 g/mol. The first-order chi connectivity index (χ1) is 7.42. The molecular formula is C11H24N2O2S. The van der Waals surface area contributed by atoms with E-state index in [9.17, 15) is 8.42 Å². The second-order valence-electron chi connectivity index (χ2n) is 4.87. The summed E-state index contributed by atoms with van der Waals surface area (Å²) in [5, 5.41) is 3.51. The summed E-state index contributed by atoms with van der Waals surface area (Å²) < 4.78 is 22.3. The second-order valence-corrected chi connectivity index (χ2v) is 7.13. The van der Waals surface area contributed by atoms with Gasteiger partial charge in [0.2, 0.25) is 0 Å². The Morgan fingerprint density at radius 1 is 1.44 bits per heavy atom. The van der Waals surface area contributed by atoms with E-state index in [2.05, 4.69) is 24.1 Å². The molecule has 0 aliphatic carbocycles. The number of piperazine rings is 1. The first-order valence-electron chi connectivity index (χ1n) is 6.07. The van der Waals surface area contributed by atoms with Crippen molar-refractivity contribution in [3.63, 3.8) is 0 Å². The molecule has 0 aromatic carbocycles. The van der Waals surface area contributed by atoms with E-state index >= 15 is 0 Å². The van der Waals surface area contributed by atoms with Gasteiger partial charge in [-0.1, -0.05) is 13.3 Å². The van der Waals surface area contributed by atoms with Crippen molar-refractivity contribution >= 4 is 9.84 Å². The molecule has 0 amide bonds. The highest BCUT2D eigenvalue weighted by atomic mass is 32.2. The molecule has 1 heterocycles. The summed E-state index contributed by atoms with van der Waals surface area (Å²) >= 11 is 0. The average Bonchev–Trinajstić information content (AvgIpc) is 2.18. The van der Waals surface area contributed by atoms with Crippen LogP contribution in [0.15, 0.2) is 0 Å². The molecule has 16 heavy (non-hydrogen) atoms. The van der Waals surface area contributed by atoms with Gasteiger partial charge in [0, 0.05) is 38.0 Å². The predicted molar refractivity (Wildman–Crippen MR) is 67.4 cm³/mol. The second kappa shape index (κ2) is 5.98. The Morgan fingerprint density at radius 3 is 2.69 bits per heavy atom. The van der Waals surface area contributed by atoms with E-state index in [1.165, 1.54) is 19.1 Å². The highest BCUT2D eigenvalue weighted by Crippen LogP contribution is 2.10. The van der Waals surface area contributed by atoms with Gasteiger partial charge >= 0.3 is 0 Å². The fraction of sp³-hybridized carbons (Fsp3) is 1.00. The molecule has 4 nitrogen and oxygen atoms in total. The Hall–Kier alpha value is -0.130. The highest BCUT2D eigenvalue weighted by molar-refractivity contribution is 7.90. The van der Waals surface area contributed by atoms with Crippen LogP contribution in [-0.4, -0.2) is 57.0 Å². The molecule has 0 aromatic heterocycles. The number of hydrogen-bond donors (Lipinski definition) is 1. The third-order valence-electron chi connectivity index (χ3n) is 3.17. The summed E-state index contributed by atoms with van der Waals surface area (Å²) in [5.74, 6) is 0.274. The fourth-order valence-electron chi connectivity index (χ4n) is 2.13. The van der Waals surface area contributed by atoms with E-state index in [1.807, 2.05) is 0 Å². The lowest BCUT2D eigenvalue weighted by Crippen LogP contribution is -2.56. The number of rotatable bonds is 5. The SMILES string of the molecule is CCCC1CN(CCS(C)(=O)=O)C(C)CN1. The van der Waals surface area contributed by atoms with Crippen LogP contribution in [0, 0.1) is 0 Å². The minimum atomic E-state index is -2.84. The molecule has 2 atom stereocenters. The zero-order valence-corrected chi connectivity index (χ0v) is 11.4. The number of nitrogens with zero attached hydrogens (tertiary/aromatic N) is 1. The van der Waals surface area contributed by atoms with E-state index < -0.39 is 9.84 Å². The van der Waals surface area contributed by atoms with Crippen molar-refractivity contribution in [3.8, 4) is 0 Å². The van der Waals surface area contributed by atoms with Gasteiger partial charge in [-0.3, -0.25) is 4.90 Å². The standard InChI is InChI=1S/C11H24N2O2S/c1-4-5-11-9-13(10(2)8-12-11)6-7-16(3,14)15/h10-12H,4-9H2,1-3H3. The Labute approximate surface area is 99.3 Å². The van der Waals surface area contributed by atoms with Crippen molar-refractivity contribution in [1.82, 2.24) is 10.2 Å². The van der Waals surface area contributed by atoms with E-state index in [4.69, 9.17) is 0 Å². The van der Waals surface area contributed by atoms with Crippen molar-refractivity contribution in [2.45, 2.75) is 38.8 Å². The van der Waals surface area contributed by atoms with Gasteiger partial charge < -0.3 is 5.32 Å². The monoisotopic (exact) mass is 248 g/mol. The summed E-state index contributed by atoms with van der Waals surface area (Å²) in [5.41, 5.74) is 0. The van der Waals surface area contributed by atoms with Crippen LogP contribution in [0.2, 0.25) is 0 Å². The molecule has 0 bridgehead atoms. The van der Waals surface area contributed by atoms with Gasteiger partial charge in [0.25, 0.3) is 0 Å². The van der Waals surface area contributed by atoms with Crippen molar-refractivity contribution < 1.29 is 8.42 Å². The minimum Gasteiger partial charge on any atom is -0.311 e. The van der Waals surface area contributed by atoms with Gasteiger partial charge in [-0.05, 0) is 13.3 Å². The quantitative estimate of drug-likeness (QED) is 0.769. The highest BCUT2D eigenvalue weighted by Gasteiger charge is 2.24. The van der Waals surface area contributed by atoms with Crippen LogP contribution in [0.4, 0.5) is 0 Å². The first kappa shape index (κ1) is 13.9. The molecule has 96 valence electrons. The Bertz CT molecular complexity index is 303. The molecule has 1 rings (SSSR count). The predicted octanol–water partition coefficient (Wildman–Crippen LogP) is 0.493. The van der Waals surface area contributed by atoms with Gasteiger partial charge in [0.1, 0.15) is 9.84 Å². The molecule has 1 aliphatic heterocycles. The maximum absolute atomic E-state index is 11.1. The topological polar surface area (TPSA) is 49.4 Å². The molecule has 0 radical (unpaired) electrons. The Balaban J connectivity index is 2.43. The van der Waals surface area contributed by atoms with E-state index in [0.29, 0.717) is 18.6 Å². The molecule has 5 heteroatoms. The van der Waals surface area contributed by atoms with Crippen LogP contribution < -0.4 is 5.32 Å². The van der Waals surface area contributed by atoms with Crippen molar-refractivity contribution in [2.75, 3.05) is 31.6 Å². The summed E-state index contributed by atoms with van der Waals surface area (Å²) in [7, 11) is -2.84. The summed E-state index contributed by atoms with van der Waals surface area (Å²) in [4.78, 5) is 2.29. The average molecular weight is 248 g/mol. The van der Waals surface area contributed by atoms with Gasteiger partial charge in [-0.2, -0.15) is 0 Å². The van der Waals surface area contributed by atoms with Crippen LogP contribution in [-0.2, 0) is 9.84 Å². The van der Waals surface area contributed by atoms with Crippen molar-refractivity contribution in [1.29, 1.82) is 0 Å². The maximum Gasteiger partial charge on any atom is 0.148 e. The lowest BCUT2D eigenvalue weighted by Gasteiger charge is -2.38. The third-order valence-corrected chi connectivity index (χ3v) is 4.09. The Kier molecular flexibility index (Phi) is 5.21. The largest absolute Gasteiger partial charge is 0.311 e. The molecule has 1 saturated heterocycles. The maximum atomic E-state index is 11.1. The zero-order valence-electron chi connectivity index (χ0n) is 10.6. The molecule has 0 aromatic rings. The van der Waals surface area contributed by atoms with Crippen LogP contribution in [0.5, 0.6) is 0 Å². The van der Waals surface area contributed by atoms with Gasteiger partial charge in [-0.25, -0.2) is 8.42 Å². The van der Waals surface area contributed by atoms with Crippen LogP contribution in [0.25, 0.3) is 0 Å². The molecule has 1 N–H and O–H groups in total. The zero-order chi connectivity index (χ0) is 12.2. The molecule has 0 saturated carbocycles.